The average molecular weight is 261 g/mol. The molecule has 0 spiro atoms. The minimum absolute atomic E-state index is 0. The van der Waals surface area contributed by atoms with Crippen molar-refractivity contribution >= 4 is 35.3 Å². The molecule has 1 aromatic carbocycles. The Hall–Kier alpha value is -1.31. The molecule has 0 aliphatic heterocycles. The summed E-state index contributed by atoms with van der Waals surface area (Å²) >= 11 is 7.66. The highest BCUT2D eigenvalue weighted by atomic mass is 32.1. The van der Waals surface area contributed by atoms with E-state index in [0.29, 0.717) is 6.61 Å². The van der Waals surface area contributed by atoms with Crippen molar-refractivity contribution in [3.8, 4) is 0 Å². The summed E-state index contributed by atoms with van der Waals surface area (Å²) in [4.78, 5) is 9.09. The molecule has 0 atom stereocenters. The molecule has 0 aromatic heterocycles. The summed E-state index contributed by atoms with van der Waals surface area (Å²) in [6.07, 6.45) is 0. The molecule has 1 amide bonds. The first-order valence-electron chi connectivity index (χ1n) is 3.97. The van der Waals surface area contributed by atoms with Crippen molar-refractivity contribution in [2.45, 2.75) is 6.61 Å². The summed E-state index contributed by atoms with van der Waals surface area (Å²) in [5, 5.41) is -0.547. The van der Waals surface area contributed by atoms with Crippen LogP contribution in [0.5, 0.6) is 0 Å². The second kappa shape index (κ2) is 10.2. The van der Waals surface area contributed by atoms with Crippen molar-refractivity contribution in [3.63, 3.8) is 0 Å². The maximum Gasteiger partial charge on any atom is 0.273 e. The Morgan fingerprint density at radius 2 is 1.75 bits per heavy atom. The lowest BCUT2D eigenvalue weighted by Crippen LogP contribution is -2.12. The van der Waals surface area contributed by atoms with Crippen LogP contribution in [-0.4, -0.2) is 10.4 Å². The van der Waals surface area contributed by atoms with Gasteiger partial charge in [-0.3, -0.25) is 4.79 Å². The van der Waals surface area contributed by atoms with Crippen molar-refractivity contribution in [3.05, 3.63) is 35.9 Å². The van der Waals surface area contributed by atoms with E-state index in [9.17, 15) is 0 Å². The zero-order chi connectivity index (χ0) is 11.7. The van der Waals surface area contributed by atoms with E-state index >= 15 is 0 Å². The number of ether oxygens (including phenoxy) is 1. The molecule has 1 aromatic rings. The summed E-state index contributed by atoms with van der Waals surface area (Å²) < 4.78 is 4.94. The Morgan fingerprint density at radius 1 is 1.31 bits per heavy atom. The minimum Gasteiger partial charge on any atom is -0.466 e. The predicted octanol–water partition coefficient (Wildman–Crippen LogP) is 1.60. The molecule has 7 N–H and O–H groups in total. The van der Waals surface area contributed by atoms with Crippen LogP contribution in [-0.2, 0) is 11.3 Å². The van der Waals surface area contributed by atoms with E-state index in [1.165, 1.54) is 0 Å². The number of nitrogens with two attached hydrogens (primary N) is 2. The number of thiol groups is 1. The number of thiocarbonyl (C=S) groups is 1. The minimum atomic E-state index is -0.639. The molecule has 0 heterocycles. The van der Waals surface area contributed by atoms with Crippen LogP contribution in [0.3, 0.4) is 0 Å². The van der Waals surface area contributed by atoms with Crippen LogP contribution in [0.1, 0.15) is 5.56 Å². The lowest BCUT2D eigenvalue weighted by Gasteiger charge is -2.01. The van der Waals surface area contributed by atoms with E-state index in [1.54, 1.807) is 0 Å². The van der Waals surface area contributed by atoms with Gasteiger partial charge in [0.1, 0.15) is 6.61 Å². The third kappa shape index (κ3) is 12.7. The molecule has 7 heteroatoms. The van der Waals surface area contributed by atoms with Crippen LogP contribution in [0.25, 0.3) is 0 Å². The van der Waals surface area contributed by atoms with Crippen LogP contribution in [0.15, 0.2) is 30.3 Å². The molecule has 16 heavy (non-hydrogen) atoms. The number of carbonyl (C=O) groups is 1. The van der Waals surface area contributed by atoms with Gasteiger partial charge in [0.15, 0.2) is 0 Å². The lowest BCUT2D eigenvalue weighted by molar-refractivity contribution is 0.267. The van der Waals surface area contributed by atoms with Crippen molar-refractivity contribution < 1.29 is 9.53 Å². The first-order valence-corrected chi connectivity index (χ1v) is 4.82. The van der Waals surface area contributed by atoms with Gasteiger partial charge in [-0.1, -0.05) is 43.0 Å². The molecule has 0 fully saturated rings. The van der Waals surface area contributed by atoms with Gasteiger partial charge in [-0.2, -0.15) is 0 Å². The van der Waals surface area contributed by atoms with Crippen molar-refractivity contribution in [2.75, 3.05) is 0 Å². The summed E-state index contributed by atoms with van der Waals surface area (Å²) in [7, 11) is 0. The third-order valence-electron chi connectivity index (χ3n) is 1.22. The Bertz CT molecular complexity index is 316. The molecular weight excluding hydrogens is 246 g/mol. The van der Waals surface area contributed by atoms with Crippen LogP contribution in [0, 0.1) is 0 Å². The molecule has 0 bridgehead atoms. The molecule has 90 valence electrons. The Labute approximate surface area is 105 Å². The van der Waals surface area contributed by atoms with E-state index in [-0.39, 0.29) is 11.3 Å². The van der Waals surface area contributed by atoms with Gasteiger partial charge in [0.2, 0.25) is 0 Å². The first kappa shape index (κ1) is 17.1. The number of benzene rings is 1. The fraction of sp³-hybridized carbons (Fsp3) is 0.111. The quantitative estimate of drug-likeness (QED) is 0.477. The van der Waals surface area contributed by atoms with Gasteiger partial charge in [-0.15, -0.1) is 0 Å². The molecule has 0 saturated heterocycles. The van der Waals surface area contributed by atoms with Crippen LogP contribution >= 0.6 is 24.8 Å². The maximum absolute atomic E-state index is 9.09. The Balaban J connectivity index is 0. The van der Waals surface area contributed by atoms with E-state index in [2.05, 4.69) is 30.6 Å². The van der Waals surface area contributed by atoms with Gasteiger partial charge < -0.3 is 22.4 Å². The molecule has 1 rings (SSSR count). The Morgan fingerprint density at radius 3 is 2.12 bits per heavy atom. The number of primary amides is 1. The summed E-state index contributed by atoms with van der Waals surface area (Å²) in [6.45, 7) is 0.455. The smallest absolute Gasteiger partial charge is 0.273 e. The van der Waals surface area contributed by atoms with Crippen molar-refractivity contribution in [1.82, 2.24) is 6.15 Å². The van der Waals surface area contributed by atoms with Gasteiger partial charge in [0.05, 0.1) is 0 Å². The number of carbonyl (C=O) groups excluding carboxylic acids is 1. The molecule has 0 radical (unpaired) electrons. The van der Waals surface area contributed by atoms with Gasteiger partial charge in [0.25, 0.3) is 10.4 Å². The summed E-state index contributed by atoms with van der Waals surface area (Å²) in [5.74, 6) is 0. The molecule has 0 saturated carbocycles. The van der Waals surface area contributed by atoms with Crippen molar-refractivity contribution in [1.29, 1.82) is 0 Å². The number of hydrogen-bond donors (Lipinski definition) is 4. The fourth-order valence-corrected chi connectivity index (χ4v) is 0.788. The monoisotopic (exact) mass is 261 g/mol. The van der Waals surface area contributed by atoms with Gasteiger partial charge in [-0.05, 0) is 17.8 Å². The molecule has 0 aliphatic rings. The third-order valence-corrected chi connectivity index (χ3v) is 1.34. The number of rotatable bonds is 2. The second-order valence-electron chi connectivity index (χ2n) is 2.43. The van der Waals surface area contributed by atoms with Gasteiger partial charge in [0, 0.05) is 0 Å². The largest absolute Gasteiger partial charge is 0.466 e. The highest BCUT2D eigenvalue weighted by molar-refractivity contribution is 7.96. The Kier molecular flexibility index (Phi) is 10.9. The van der Waals surface area contributed by atoms with E-state index < -0.39 is 5.24 Å². The second-order valence-corrected chi connectivity index (χ2v) is 3.27. The topological polar surface area (TPSA) is 113 Å². The summed E-state index contributed by atoms with van der Waals surface area (Å²) in [5.41, 5.74) is 10.6. The normalized spacial score (nSPS) is 7.81. The van der Waals surface area contributed by atoms with Crippen LogP contribution in [0.4, 0.5) is 4.79 Å². The average Bonchev–Trinajstić information content (AvgIpc) is 2.15. The SMILES string of the molecule is N.NC(=O)S.NC(=S)OCc1ccccc1. The van der Waals surface area contributed by atoms with Crippen LogP contribution in [0.2, 0.25) is 0 Å². The lowest BCUT2D eigenvalue weighted by atomic mass is 10.2. The van der Waals surface area contributed by atoms with Crippen LogP contribution < -0.4 is 17.6 Å². The molecule has 0 unspecified atom stereocenters. The molecular formula is C9H15N3O2S2. The highest BCUT2D eigenvalue weighted by Crippen LogP contribution is 1.99. The zero-order valence-electron chi connectivity index (χ0n) is 8.63. The zero-order valence-corrected chi connectivity index (χ0v) is 10.3. The predicted molar refractivity (Wildman–Crippen MR) is 71.6 cm³/mol. The number of amides is 1. The standard InChI is InChI=1S/C8H9NOS.CH3NOS.H3N/c9-8(11)10-6-7-4-2-1-3-5-7;2-1(3)4;/h1-5H,6H2,(H2,9,11);(H3,2,3,4);1H3. The van der Waals surface area contributed by atoms with E-state index in [4.69, 9.17) is 15.3 Å². The van der Waals surface area contributed by atoms with E-state index in [1.807, 2.05) is 30.3 Å². The first-order chi connectivity index (χ1) is 7.02. The summed E-state index contributed by atoms with van der Waals surface area (Å²) in [6, 6.07) is 9.75. The van der Waals surface area contributed by atoms with E-state index in [0.717, 1.165) is 5.56 Å². The van der Waals surface area contributed by atoms with Gasteiger partial charge in [-0.25, -0.2) is 0 Å². The molecule has 0 aliphatic carbocycles. The fourth-order valence-electron chi connectivity index (χ4n) is 0.729. The maximum atomic E-state index is 9.09. The highest BCUT2D eigenvalue weighted by Gasteiger charge is 1.91. The van der Waals surface area contributed by atoms with Crippen molar-refractivity contribution in [2.24, 2.45) is 11.5 Å². The number of hydrogen-bond acceptors (Lipinski definition) is 4. The van der Waals surface area contributed by atoms with Gasteiger partial charge >= 0.3 is 0 Å². The molecule has 5 nitrogen and oxygen atoms in total.